The molecule has 0 saturated heterocycles. The number of halogens is 2. The standard InChI is InChI=1S/C17H18ClFO2/c1-10-7-17(21-3)11(2)6-14(10)16(20)8-12-4-5-13(19)9-15(12)18/h4-7,9,16,20H,8H2,1-3H3. The molecule has 0 aliphatic heterocycles. The zero-order valence-corrected chi connectivity index (χ0v) is 13.0. The van der Waals surface area contributed by atoms with Crippen molar-refractivity contribution in [2.75, 3.05) is 7.11 Å². The summed E-state index contributed by atoms with van der Waals surface area (Å²) < 4.78 is 18.3. The maximum atomic E-state index is 13.0. The first-order valence-electron chi connectivity index (χ1n) is 6.69. The second kappa shape index (κ2) is 6.46. The lowest BCUT2D eigenvalue weighted by atomic mass is 9.95. The van der Waals surface area contributed by atoms with E-state index < -0.39 is 6.10 Å². The number of rotatable bonds is 4. The van der Waals surface area contributed by atoms with Crippen LogP contribution in [0.1, 0.15) is 28.4 Å². The van der Waals surface area contributed by atoms with Crippen molar-refractivity contribution in [1.82, 2.24) is 0 Å². The van der Waals surface area contributed by atoms with Crippen LogP contribution in [0.3, 0.4) is 0 Å². The first kappa shape index (κ1) is 15.8. The van der Waals surface area contributed by atoms with Gasteiger partial charge in [0.25, 0.3) is 0 Å². The summed E-state index contributed by atoms with van der Waals surface area (Å²) in [5, 5.41) is 10.8. The molecule has 1 N–H and O–H groups in total. The fraction of sp³-hybridized carbons (Fsp3) is 0.294. The van der Waals surface area contributed by atoms with E-state index in [4.69, 9.17) is 16.3 Å². The molecule has 0 bridgehead atoms. The van der Waals surface area contributed by atoms with Gasteiger partial charge in [0.05, 0.1) is 13.2 Å². The molecule has 0 fully saturated rings. The number of hydrogen-bond donors (Lipinski definition) is 1. The van der Waals surface area contributed by atoms with Crippen LogP contribution in [0.4, 0.5) is 4.39 Å². The molecule has 0 aliphatic carbocycles. The molecule has 112 valence electrons. The van der Waals surface area contributed by atoms with Gasteiger partial charge >= 0.3 is 0 Å². The van der Waals surface area contributed by atoms with E-state index in [2.05, 4.69) is 0 Å². The van der Waals surface area contributed by atoms with Gasteiger partial charge in [-0.2, -0.15) is 0 Å². The summed E-state index contributed by atoms with van der Waals surface area (Å²) >= 11 is 6.01. The number of aliphatic hydroxyl groups excluding tert-OH is 1. The Morgan fingerprint density at radius 2 is 1.90 bits per heavy atom. The molecular weight excluding hydrogens is 291 g/mol. The Balaban J connectivity index is 2.28. The number of aliphatic hydroxyl groups is 1. The minimum Gasteiger partial charge on any atom is -0.496 e. The molecule has 2 rings (SSSR count). The SMILES string of the molecule is COc1cc(C)c(C(O)Cc2ccc(F)cc2Cl)cc1C. The fourth-order valence-electron chi connectivity index (χ4n) is 2.40. The molecular formula is C17H18ClFO2. The number of methoxy groups -OCH3 is 1. The zero-order chi connectivity index (χ0) is 15.6. The molecule has 1 atom stereocenters. The molecule has 2 aromatic rings. The minimum absolute atomic E-state index is 0.330. The Morgan fingerprint density at radius 1 is 1.19 bits per heavy atom. The summed E-state index contributed by atoms with van der Waals surface area (Å²) in [6.07, 6.45) is -0.358. The van der Waals surface area contributed by atoms with Crippen LogP contribution >= 0.6 is 11.6 Å². The van der Waals surface area contributed by atoms with Crippen LogP contribution in [0, 0.1) is 19.7 Å². The topological polar surface area (TPSA) is 29.5 Å². The van der Waals surface area contributed by atoms with E-state index in [0.717, 1.165) is 28.0 Å². The van der Waals surface area contributed by atoms with Gasteiger partial charge in [-0.15, -0.1) is 0 Å². The molecule has 0 radical (unpaired) electrons. The average molecular weight is 309 g/mol. The normalized spacial score (nSPS) is 12.3. The summed E-state index contributed by atoms with van der Waals surface area (Å²) in [5.74, 6) is 0.415. The monoisotopic (exact) mass is 308 g/mol. The Labute approximate surface area is 129 Å². The van der Waals surface area contributed by atoms with Crippen molar-refractivity contribution >= 4 is 11.6 Å². The lowest BCUT2D eigenvalue weighted by molar-refractivity contribution is 0.177. The fourth-order valence-corrected chi connectivity index (χ4v) is 2.64. The first-order chi connectivity index (χ1) is 9.92. The van der Waals surface area contributed by atoms with Crippen LogP contribution in [0.5, 0.6) is 5.75 Å². The highest BCUT2D eigenvalue weighted by molar-refractivity contribution is 6.31. The van der Waals surface area contributed by atoms with Gasteiger partial charge in [0, 0.05) is 11.4 Å². The number of hydrogen-bond acceptors (Lipinski definition) is 2. The summed E-state index contributed by atoms with van der Waals surface area (Å²) in [4.78, 5) is 0. The Morgan fingerprint density at radius 3 is 2.52 bits per heavy atom. The summed E-state index contributed by atoms with van der Waals surface area (Å²) in [6, 6.07) is 8.03. The molecule has 0 heterocycles. The molecule has 0 aromatic heterocycles. The molecule has 0 saturated carbocycles. The van der Waals surface area contributed by atoms with Crippen LogP contribution in [0.2, 0.25) is 5.02 Å². The first-order valence-corrected chi connectivity index (χ1v) is 7.07. The summed E-state index contributed by atoms with van der Waals surface area (Å²) in [7, 11) is 1.62. The van der Waals surface area contributed by atoms with Crippen molar-refractivity contribution in [2.45, 2.75) is 26.4 Å². The number of aryl methyl sites for hydroxylation is 2. The van der Waals surface area contributed by atoms with E-state index in [9.17, 15) is 9.50 Å². The summed E-state index contributed by atoms with van der Waals surface area (Å²) in [5.41, 5.74) is 3.46. The van der Waals surface area contributed by atoms with Gasteiger partial charge in [-0.3, -0.25) is 0 Å². The zero-order valence-electron chi connectivity index (χ0n) is 12.3. The predicted octanol–water partition coefficient (Wildman–Crippen LogP) is 4.38. The third-order valence-electron chi connectivity index (χ3n) is 3.57. The van der Waals surface area contributed by atoms with E-state index in [-0.39, 0.29) is 5.82 Å². The van der Waals surface area contributed by atoms with Crippen LogP contribution in [-0.2, 0) is 6.42 Å². The van der Waals surface area contributed by atoms with E-state index in [1.165, 1.54) is 12.1 Å². The van der Waals surface area contributed by atoms with Crippen LogP contribution in [-0.4, -0.2) is 12.2 Å². The number of benzene rings is 2. The van der Waals surface area contributed by atoms with E-state index in [0.29, 0.717) is 11.4 Å². The Bertz CT molecular complexity index is 655. The highest BCUT2D eigenvalue weighted by atomic mass is 35.5. The maximum Gasteiger partial charge on any atom is 0.124 e. The molecule has 4 heteroatoms. The van der Waals surface area contributed by atoms with E-state index in [1.54, 1.807) is 13.2 Å². The molecule has 1 unspecified atom stereocenters. The maximum absolute atomic E-state index is 13.0. The molecule has 0 aliphatic rings. The Hall–Kier alpha value is -1.58. The Kier molecular flexibility index (Phi) is 4.86. The van der Waals surface area contributed by atoms with Crippen molar-refractivity contribution in [2.24, 2.45) is 0 Å². The van der Waals surface area contributed by atoms with Gasteiger partial charge in [-0.1, -0.05) is 17.7 Å². The smallest absolute Gasteiger partial charge is 0.124 e. The van der Waals surface area contributed by atoms with E-state index >= 15 is 0 Å². The second-order valence-electron chi connectivity index (χ2n) is 5.13. The molecule has 2 aromatic carbocycles. The third-order valence-corrected chi connectivity index (χ3v) is 3.92. The molecule has 2 nitrogen and oxygen atoms in total. The van der Waals surface area contributed by atoms with Crippen molar-refractivity contribution in [3.05, 3.63) is 63.4 Å². The highest BCUT2D eigenvalue weighted by Gasteiger charge is 2.15. The van der Waals surface area contributed by atoms with Crippen molar-refractivity contribution in [3.8, 4) is 5.75 Å². The van der Waals surface area contributed by atoms with Gasteiger partial charge < -0.3 is 9.84 Å². The van der Waals surface area contributed by atoms with Gasteiger partial charge in [0.15, 0.2) is 0 Å². The largest absolute Gasteiger partial charge is 0.496 e. The highest BCUT2D eigenvalue weighted by Crippen LogP contribution is 2.30. The molecule has 21 heavy (non-hydrogen) atoms. The molecule has 0 spiro atoms. The molecule has 0 amide bonds. The van der Waals surface area contributed by atoms with E-state index in [1.807, 2.05) is 26.0 Å². The van der Waals surface area contributed by atoms with Gasteiger partial charge in [-0.05, 0) is 60.4 Å². The summed E-state index contributed by atoms with van der Waals surface area (Å²) in [6.45, 7) is 3.85. The second-order valence-corrected chi connectivity index (χ2v) is 5.54. The lowest BCUT2D eigenvalue weighted by Crippen LogP contribution is -2.05. The minimum atomic E-state index is -0.697. The van der Waals surface area contributed by atoms with Gasteiger partial charge in [-0.25, -0.2) is 4.39 Å². The predicted molar refractivity (Wildman–Crippen MR) is 82.5 cm³/mol. The number of ether oxygens (including phenoxy) is 1. The lowest BCUT2D eigenvalue weighted by Gasteiger charge is -2.17. The van der Waals surface area contributed by atoms with Crippen LogP contribution < -0.4 is 4.74 Å². The van der Waals surface area contributed by atoms with Crippen molar-refractivity contribution < 1.29 is 14.2 Å². The third kappa shape index (κ3) is 3.55. The van der Waals surface area contributed by atoms with Crippen molar-refractivity contribution in [3.63, 3.8) is 0 Å². The quantitative estimate of drug-likeness (QED) is 0.908. The van der Waals surface area contributed by atoms with Crippen LogP contribution in [0.15, 0.2) is 30.3 Å². The van der Waals surface area contributed by atoms with Gasteiger partial charge in [0.2, 0.25) is 0 Å². The van der Waals surface area contributed by atoms with Crippen LogP contribution in [0.25, 0.3) is 0 Å². The average Bonchev–Trinajstić information content (AvgIpc) is 2.43. The van der Waals surface area contributed by atoms with Gasteiger partial charge in [0.1, 0.15) is 11.6 Å². The van der Waals surface area contributed by atoms with Crippen molar-refractivity contribution in [1.29, 1.82) is 0 Å².